The Morgan fingerprint density at radius 3 is 2.62 bits per heavy atom. The van der Waals surface area contributed by atoms with Gasteiger partial charge in [-0.2, -0.15) is 10.1 Å². The predicted molar refractivity (Wildman–Crippen MR) is 102 cm³/mol. The number of hydrogen-bond donors (Lipinski definition) is 4. The van der Waals surface area contributed by atoms with Crippen molar-refractivity contribution in [3.63, 3.8) is 0 Å². The second kappa shape index (κ2) is 7.98. The fourth-order valence-corrected chi connectivity index (χ4v) is 2.29. The van der Waals surface area contributed by atoms with Crippen LogP contribution in [0.25, 0.3) is 0 Å². The zero-order valence-electron chi connectivity index (χ0n) is 14.2. The summed E-state index contributed by atoms with van der Waals surface area (Å²) in [6.45, 7) is 2.49. The maximum absolute atomic E-state index is 9.74. The summed E-state index contributed by atoms with van der Waals surface area (Å²) in [5.41, 5.74) is 5.22. The highest BCUT2D eigenvalue weighted by Gasteiger charge is 2.03. The minimum atomic E-state index is -0.0559. The van der Waals surface area contributed by atoms with E-state index in [1.807, 2.05) is 37.3 Å². The first-order valence-corrected chi connectivity index (χ1v) is 8.05. The minimum Gasteiger partial charge on any atom is -0.508 e. The van der Waals surface area contributed by atoms with Crippen LogP contribution in [0.5, 0.6) is 11.5 Å². The van der Waals surface area contributed by atoms with Crippen LogP contribution < -0.4 is 10.7 Å². The average molecular weight is 349 g/mol. The zero-order valence-corrected chi connectivity index (χ0v) is 14.2. The number of anilines is 2. The molecule has 3 aromatic rings. The number of aromatic hydroxyl groups is 2. The molecule has 0 unspecified atom stereocenters. The smallest absolute Gasteiger partial charge is 0.225 e. The SMILES string of the molecule is Cc1cc(N/N=C/c2ccc(O)cc2O)nc(NCc2ccccc2)n1. The molecular weight excluding hydrogens is 330 g/mol. The van der Waals surface area contributed by atoms with Crippen molar-refractivity contribution in [3.05, 3.63) is 71.4 Å². The molecule has 0 saturated carbocycles. The lowest BCUT2D eigenvalue weighted by atomic mass is 10.2. The number of hydrogen-bond acceptors (Lipinski definition) is 7. The van der Waals surface area contributed by atoms with E-state index in [0.717, 1.165) is 11.3 Å². The number of rotatable bonds is 6. The van der Waals surface area contributed by atoms with Crippen LogP contribution in [0.4, 0.5) is 11.8 Å². The lowest BCUT2D eigenvalue weighted by molar-refractivity contribution is 0.450. The Morgan fingerprint density at radius 1 is 1.04 bits per heavy atom. The number of aromatic nitrogens is 2. The van der Waals surface area contributed by atoms with E-state index in [-0.39, 0.29) is 11.5 Å². The summed E-state index contributed by atoms with van der Waals surface area (Å²) in [5, 5.41) is 26.3. The summed E-state index contributed by atoms with van der Waals surface area (Å²) in [6, 6.07) is 16.0. The molecule has 0 amide bonds. The number of benzene rings is 2. The molecule has 0 bridgehead atoms. The quantitative estimate of drug-likeness (QED) is 0.402. The Hall–Kier alpha value is -3.61. The third-order valence-corrected chi connectivity index (χ3v) is 3.54. The summed E-state index contributed by atoms with van der Waals surface area (Å²) in [6.07, 6.45) is 1.45. The third-order valence-electron chi connectivity index (χ3n) is 3.54. The number of nitrogens with one attached hydrogen (secondary N) is 2. The zero-order chi connectivity index (χ0) is 18.4. The Labute approximate surface area is 151 Å². The van der Waals surface area contributed by atoms with E-state index < -0.39 is 0 Å². The monoisotopic (exact) mass is 349 g/mol. The van der Waals surface area contributed by atoms with Gasteiger partial charge in [0.1, 0.15) is 11.5 Å². The molecule has 0 spiro atoms. The van der Waals surface area contributed by atoms with E-state index in [2.05, 4.69) is 25.8 Å². The number of phenols is 2. The molecule has 0 aliphatic carbocycles. The molecule has 3 rings (SSSR count). The summed E-state index contributed by atoms with van der Waals surface area (Å²) in [4.78, 5) is 8.72. The molecule has 26 heavy (non-hydrogen) atoms. The molecule has 0 aliphatic rings. The number of phenolic OH excluding ortho intramolecular Hbond substituents is 2. The highest BCUT2D eigenvalue weighted by molar-refractivity contribution is 5.84. The van der Waals surface area contributed by atoms with Gasteiger partial charge in [0.15, 0.2) is 5.82 Å². The van der Waals surface area contributed by atoms with E-state index in [1.165, 1.54) is 18.3 Å². The molecule has 0 saturated heterocycles. The van der Waals surface area contributed by atoms with Gasteiger partial charge < -0.3 is 15.5 Å². The van der Waals surface area contributed by atoms with Gasteiger partial charge in [-0.1, -0.05) is 30.3 Å². The van der Waals surface area contributed by atoms with Crippen molar-refractivity contribution in [2.45, 2.75) is 13.5 Å². The van der Waals surface area contributed by atoms with Crippen LogP contribution in [0, 0.1) is 6.92 Å². The van der Waals surface area contributed by atoms with E-state index in [9.17, 15) is 10.2 Å². The Morgan fingerprint density at radius 2 is 1.85 bits per heavy atom. The molecule has 0 fully saturated rings. The van der Waals surface area contributed by atoms with E-state index in [0.29, 0.717) is 23.9 Å². The van der Waals surface area contributed by atoms with Crippen molar-refractivity contribution in [2.75, 3.05) is 10.7 Å². The first-order valence-electron chi connectivity index (χ1n) is 8.05. The van der Waals surface area contributed by atoms with Crippen molar-refractivity contribution in [2.24, 2.45) is 5.10 Å². The summed E-state index contributed by atoms with van der Waals surface area (Å²) < 4.78 is 0. The van der Waals surface area contributed by atoms with Crippen LogP contribution in [0.3, 0.4) is 0 Å². The van der Waals surface area contributed by atoms with Crippen LogP contribution in [0.2, 0.25) is 0 Å². The minimum absolute atomic E-state index is 0.00633. The molecule has 2 aromatic carbocycles. The average Bonchev–Trinajstić information content (AvgIpc) is 2.62. The molecular formula is C19H19N5O2. The van der Waals surface area contributed by atoms with Gasteiger partial charge in [-0.05, 0) is 24.6 Å². The van der Waals surface area contributed by atoms with Gasteiger partial charge in [0.2, 0.25) is 5.95 Å². The van der Waals surface area contributed by atoms with Crippen LogP contribution >= 0.6 is 0 Å². The van der Waals surface area contributed by atoms with Gasteiger partial charge in [0.05, 0.1) is 6.21 Å². The number of aryl methyl sites for hydroxylation is 1. The molecule has 0 aliphatic heterocycles. The molecule has 7 heteroatoms. The largest absolute Gasteiger partial charge is 0.508 e. The maximum atomic E-state index is 9.74. The molecule has 7 nitrogen and oxygen atoms in total. The van der Waals surface area contributed by atoms with E-state index in [1.54, 1.807) is 12.1 Å². The van der Waals surface area contributed by atoms with Crippen LogP contribution in [-0.4, -0.2) is 26.4 Å². The number of hydrazone groups is 1. The molecule has 132 valence electrons. The van der Waals surface area contributed by atoms with Gasteiger partial charge in [-0.15, -0.1) is 0 Å². The fourth-order valence-electron chi connectivity index (χ4n) is 2.29. The maximum Gasteiger partial charge on any atom is 0.225 e. The van der Waals surface area contributed by atoms with Crippen molar-refractivity contribution in [1.29, 1.82) is 0 Å². The van der Waals surface area contributed by atoms with Gasteiger partial charge in [-0.3, -0.25) is 5.43 Å². The van der Waals surface area contributed by atoms with Gasteiger partial charge in [0.25, 0.3) is 0 Å². The molecule has 0 atom stereocenters. The van der Waals surface area contributed by atoms with E-state index in [4.69, 9.17) is 0 Å². The van der Waals surface area contributed by atoms with Crippen LogP contribution in [0.15, 0.2) is 59.7 Å². The highest BCUT2D eigenvalue weighted by Crippen LogP contribution is 2.21. The van der Waals surface area contributed by atoms with E-state index >= 15 is 0 Å². The van der Waals surface area contributed by atoms with Gasteiger partial charge >= 0.3 is 0 Å². The van der Waals surface area contributed by atoms with Crippen molar-refractivity contribution in [1.82, 2.24) is 9.97 Å². The Kier molecular flexibility index (Phi) is 5.28. The Balaban J connectivity index is 1.66. The fraction of sp³-hybridized carbons (Fsp3) is 0.105. The normalized spacial score (nSPS) is 10.8. The third kappa shape index (κ3) is 4.70. The topological polar surface area (TPSA) is 103 Å². The van der Waals surface area contributed by atoms with Gasteiger partial charge in [0, 0.05) is 29.9 Å². The highest BCUT2D eigenvalue weighted by atomic mass is 16.3. The summed E-state index contributed by atoms with van der Waals surface area (Å²) in [5.74, 6) is 0.967. The van der Waals surface area contributed by atoms with Crippen molar-refractivity contribution in [3.8, 4) is 11.5 Å². The lowest BCUT2D eigenvalue weighted by Gasteiger charge is -2.08. The van der Waals surface area contributed by atoms with Crippen molar-refractivity contribution >= 4 is 18.0 Å². The molecule has 4 N–H and O–H groups in total. The standard InChI is InChI=1S/C19H19N5O2/c1-13-9-18(24-21-12-15-7-8-16(25)10-17(15)26)23-19(22-13)20-11-14-5-3-2-4-6-14/h2-10,12,25-26H,11H2,1H3,(H2,20,22,23,24)/b21-12+. The predicted octanol–water partition coefficient (Wildman–Crippen LogP) is 3.25. The summed E-state index contributed by atoms with van der Waals surface area (Å²) in [7, 11) is 0. The lowest BCUT2D eigenvalue weighted by Crippen LogP contribution is -2.06. The van der Waals surface area contributed by atoms with Crippen molar-refractivity contribution < 1.29 is 10.2 Å². The summed E-state index contributed by atoms with van der Waals surface area (Å²) >= 11 is 0. The first-order chi connectivity index (χ1) is 12.6. The van der Waals surface area contributed by atoms with Crippen LogP contribution in [-0.2, 0) is 6.54 Å². The second-order valence-electron chi connectivity index (χ2n) is 5.67. The molecule has 1 heterocycles. The molecule has 1 aromatic heterocycles. The van der Waals surface area contributed by atoms with Crippen LogP contribution in [0.1, 0.15) is 16.8 Å². The first kappa shape index (κ1) is 17.2. The molecule has 0 radical (unpaired) electrons. The second-order valence-corrected chi connectivity index (χ2v) is 5.67. The number of nitrogens with zero attached hydrogens (tertiary/aromatic N) is 3. The Bertz CT molecular complexity index is 913. The van der Waals surface area contributed by atoms with Gasteiger partial charge in [-0.25, -0.2) is 4.98 Å².